The van der Waals surface area contributed by atoms with Crippen molar-refractivity contribution in [2.24, 2.45) is 0 Å². The summed E-state index contributed by atoms with van der Waals surface area (Å²) in [7, 11) is 0. The van der Waals surface area contributed by atoms with Crippen LogP contribution in [0.1, 0.15) is 40.2 Å². The van der Waals surface area contributed by atoms with E-state index in [1.54, 1.807) is 6.07 Å². The van der Waals surface area contributed by atoms with Crippen molar-refractivity contribution >= 4 is 22.9 Å². The van der Waals surface area contributed by atoms with Crippen LogP contribution >= 0.6 is 11.3 Å². The lowest BCUT2D eigenvalue weighted by Crippen LogP contribution is -2.33. The minimum atomic E-state index is 0.00319. The SMILES string of the molecule is Cc1sc(C(=O)NCCCN2CCCCC2)cc1N. The summed E-state index contributed by atoms with van der Waals surface area (Å²) in [6, 6.07) is 1.76. The van der Waals surface area contributed by atoms with E-state index >= 15 is 0 Å². The largest absolute Gasteiger partial charge is 0.398 e. The smallest absolute Gasteiger partial charge is 0.261 e. The summed E-state index contributed by atoms with van der Waals surface area (Å²) in [5.74, 6) is 0.00319. The van der Waals surface area contributed by atoms with Gasteiger partial charge in [-0.25, -0.2) is 0 Å². The van der Waals surface area contributed by atoms with E-state index in [-0.39, 0.29) is 5.91 Å². The third kappa shape index (κ3) is 4.21. The number of thiophene rings is 1. The second kappa shape index (κ2) is 6.91. The van der Waals surface area contributed by atoms with Gasteiger partial charge < -0.3 is 16.0 Å². The summed E-state index contributed by atoms with van der Waals surface area (Å²) in [6.07, 6.45) is 5.03. The van der Waals surface area contributed by atoms with Crippen molar-refractivity contribution in [3.05, 3.63) is 15.8 Å². The molecule has 2 rings (SSSR count). The van der Waals surface area contributed by atoms with Gasteiger partial charge in [-0.05, 0) is 51.9 Å². The highest BCUT2D eigenvalue weighted by Gasteiger charge is 2.11. The molecule has 1 fully saturated rings. The first kappa shape index (κ1) is 14.3. The van der Waals surface area contributed by atoms with Gasteiger partial charge in [0, 0.05) is 17.1 Å². The molecular formula is C14H23N3OS. The Morgan fingerprint density at radius 1 is 1.42 bits per heavy atom. The molecule has 4 nitrogen and oxygen atoms in total. The lowest BCUT2D eigenvalue weighted by atomic mass is 10.1. The van der Waals surface area contributed by atoms with Gasteiger partial charge in [-0.3, -0.25) is 4.79 Å². The van der Waals surface area contributed by atoms with E-state index in [9.17, 15) is 4.79 Å². The second-order valence-corrected chi connectivity index (χ2v) is 6.39. The lowest BCUT2D eigenvalue weighted by Gasteiger charge is -2.26. The third-order valence-electron chi connectivity index (χ3n) is 3.57. The van der Waals surface area contributed by atoms with Crippen molar-refractivity contribution in [3.8, 4) is 0 Å². The molecule has 1 amide bonds. The van der Waals surface area contributed by atoms with Gasteiger partial charge in [-0.15, -0.1) is 11.3 Å². The predicted molar refractivity (Wildman–Crippen MR) is 80.7 cm³/mol. The number of carbonyl (C=O) groups is 1. The van der Waals surface area contributed by atoms with E-state index in [1.807, 2.05) is 6.92 Å². The number of amides is 1. The van der Waals surface area contributed by atoms with E-state index in [0.717, 1.165) is 24.4 Å². The summed E-state index contributed by atoms with van der Waals surface area (Å²) in [5, 5.41) is 2.97. The highest BCUT2D eigenvalue weighted by molar-refractivity contribution is 7.14. The Morgan fingerprint density at radius 2 is 2.16 bits per heavy atom. The van der Waals surface area contributed by atoms with E-state index in [1.165, 1.54) is 43.7 Å². The highest BCUT2D eigenvalue weighted by Crippen LogP contribution is 2.23. The van der Waals surface area contributed by atoms with Crippen LogP contribution < -0.4 is 11.1 Å². The number of hydrogen-bond acceptors (Lipinski definition) is 4. The molecule has 0 atom stereocenters. The van der Waals surface area contributed by atoms with E-state index in [0.29, 0.717) is 10.6 Å². The standard InChI is InChI=1S/C14H23N3OS/c1-11-12(15)10-13(19-11)14(18)16-6-5-9-17-7-3-2-4-8-17/h10H,2-9,15H2,1H3,(H,16,18). The van der Waals surface area contributed by atoms with Crippen molar-refractivity contribution in [2.45, 2.75) is 32.6 Å². The van der Waals surface area contributed by atoms with E-state index in [4.69, 9.17) is 5.73 Å². The molecule has 0 bridgehead atoms. The third-order valence-corrected chi connectivity index (χ3v) is 4.63. The first-order chi connectivity index (χ1) is 9.16. The van der Waals surface area contributed by atoms with Gasteiger partial charge in [0.15, 0.2) is 0 Å². The molecule has 0 spiro atoms. The minimum absolute atomic E-state index is 0.00319. The second-order valence-electron chi connectivity index (χ2n) is 5.13. The van der Waals surface area contributed by atoms with Crippen LogP contribution in [0.25, 0.3) is 0 Å². The van der Waals surface area contributed by atoms with Crippen LogP contribution in [0.3, 0.4) is 0 Å². The van der Waals surface area contributed by atoms with Gasteiger partial charge in [-0.1, -0.05) is 6.42 Å². The number of rotatable bonds is 5. The Kier molecular flexibility index (Phi) is 5.22. The Hall–Kier alpha value is -1.07. The number of nitrogens with one attached hydrogen (secondary N) is 1. The predicted octanol–water partition coefficient (Wildman–Crippen LogP) is 2.24. The van der Waals surface area contributed by atoms with Crippen molar-refractivity contribution in [2.75, 3.05) is 31.9 Å². The molecule has 0 aromatic carbocycles. The fourth-order valence-electron chi connectivity index (χ4n) is 2.38. The Bertz CT molecular complexity index is 405. The van der Waals surface area contributed by atoms with Gasteiger partial charge in [0.05, 0.1) is 4.88 Å². The van der Waals surface area contributed by atoms with Gasteiger partial charge in [0.25, 0.3) is 5.91 Å². The number of piperidine rings is 1. The summed E-state index contributed by atoms with van der Waals surface area (Å²) in [4.78, 5) is 16.1. The molecule has 0 unspecified atom stereocenters. The normalized spacial score (nSPS) is 16.5. The molecule has 1 aromatic rings. The van der Waals surface area contributed by atoms with Crippen molar-refractivity contribution in [1.29, 1.82) is 0 Å². The van der Waals surface area contributed by atoms with Crippen LogP contribution in [-0.2, 0) is 0 Å². The number of nitrogen functional groups attached to an aromatic ring is 1. The quantitative estimate of drug-likeness (QED) is 0.814. The van der Waals surface area contributed by atoms with Crippen molar-refractivity contribution < 1.29 is 4.79 Å². The van der Waals surface area contributed by atoms with Crippen LogP contribution in [0.4, 0.5) is 5.69 Å². The average Bonchev–Trinajstić information content (AvgIpc) is 2.76. The number of carbonyl (C=O) groups excluding carboxylic acids is 1. The Morgan fingerprint density at radius 3 is 2.79 bits per heavy atom. The molecule has 0 saturated carbocycles. The lowest BCUT2D eigenvalue weighted by molar-refractivity contribution is 0.0955. The van der Waals surface area contributed by atoms with Gasteiger partial charge in [-0.2, -0.15) is 0 Å². The molecule has 3 N–H and O–H groups in total. The summed E-state index contributed by atoms with van der Waals surface area (Å²) in [6.45, 7) is 6.20. The zero-order valence-corrected chi connectivity index (χ0v) is 12.4. The number of nitrogens with two attached hydrogens (primary N) is 1. The molecule has 1 aliphatic heterocycles. The highest BCUT2D eigenvalue weighted by atomic mass is 32.1. The molecule has 19 heavy (non-hydrogen) atoms. The van der Waals surface area contributed by atoms with E-state index in [2.05, 4.69) is 10.2 Å². The molecule has 1 aromatic heterocycles. The van der Waals surface area contributed by atoms with Crippen LogP contribution in [0.15, 0.2) is 6.07 Å². The zero-order valence-electron chi connectivity index (χ0n) is 11.6. The monoisotopic (exact) mass is 281 g/mol. The first-order valence-corrected chi connectivity index (χ1v) is 7.85. The van der Waals surface area contributed by atoms with Crippen LogP contribution in [0.2, 0.25) is 0 Å². The van der Waals surface area contributed by atoms with Crippen LogP contribution in [0.5, 0.6) is 0 Å². The van der Waals surface area contributed by atoms with Crippen molar-refractivity contribution in [1.82, 2.24) is 10.2 Å². The number of hydrogen-bond donors (Lipinski definition) is 2. The number of likely N-dealkylation sites (tertiary alicyclic amines) is 1. The fourth-order valence-corrected chi connectivity index (χ4v) is 3.24. The Labute approximate surface area is 119 Å². The number of aryl methyl sites for hydroxylation is 1. The molecule has 2 heterocycles. The zero-order chi connectivity index (χ0) is 13.7. The topological polar surface area (TPSA) is 58.4 Å². The van der Waals surface area contributed by atoms with E-state index < -0.39 is 0 Å². The molecule has 1 aliphatic rings. The number of nitrogens with zero attached hydrogens (tertiary/aromatic N) is 1. The molecule has 5 heteroatoms. The summed E-state index contributed by atoms with van der Waals surface area (Å²) >= 11 is 1.46. The van der Waals surface area contributed by atoms with Gasteiger partial charge >= 0.3 is 0 Å². The fraction of sp³-hybridized carbons (Fsp3) is 0.643. The first-order valence-electron chi connectivity index (χ1n) is 7.03. The summed E-state index contributed by atoms with van der Waals surface area (Å²) in [5.41, 5.74) is 6.47. The minimum Gasteiger partial charge on any atom is -0.398 e. The average molecular weight is 281 g/mol. The maximum Gasteiger partial charge on any atom is 0.261 e. The number of anilines is 1. The maximum atomic E-state index is 11.9. The molecule has 0 radical (unpaired) electrons. The van der Waals surface area contributed by atoms with Crippen LogP contribution in [0, 0.1) is 6.92 Å². The maximum absolute atomic E-state index is 11.9. The van der Waals surface area contributed by atoms with Gasteiger partial charge in [0.1, 0.15) is 0 Å². The van der Waals surface area contributed by atoms with Crippen molar-refractivity contribution in [3.63, 3.8) is 0 Å². The molecule has 1 saturated heterocycles. The molecular weight excluding hydrogens is 258 g/mol. The molecule has 0 aliphatic carbocycles. The van der Waals surface area contributed by atoms with Crippen LogP contribution in [-0.4, -0.2) is 37.0 Å². The summed E-state index contributed by atoms with van der Waals surface area (Å²) < 4.78 is 0. The Balaban J connectivity index is 1.66. The van der Waals surface area contributed by atoms with Gasteiger partial charge in [0.2, 0.25) is 0 Å². The molecule has 106 valence electrons.